The zero-order valence-corrected chi connectivity index (χ0v) is 51.8. The van der Waals surface area contributed by atoms with Crippen molar-refractivity contribution in [2.45, 2.75) is 290 Å². The molecule has 0 aliphatic carbocycles. The maximum absolute atomic E-state index is 12.9. The molecular formula is C74H120O6. The van der Waals surface area contributed by atoms with E-state index >= 15 is 0 Å². The number of hydrogen-bond acceptors (Lipinski definition) is 6. The number of carbonyl (C=O) groups is 3. The molecule has 0 fully saturated rings. The van der Waals surface area contributed by atoms with Crippen molar-refractivity contribution in [3.63, 3.8) is 0 Å². The van der Waals surface area contributed by atoms with Gasteiger partial charge in [0.1, 0.15) is 13.2 Å². The van der Waals surface area contributed by atoms with Crippen molar-refractivity contribution in [3.05, 3.63) is 146 Å². The minimum Gasteiger partial charge on any atom is -0.462 e. The molecule has 80 heavy (non-hydrogen) atoms. The van der Waals surface area contributed by atoms with Gasteiger partial charge in [0.05, 0.1) is 0 Å². The fraction of sp³-hybridized carbons (Fsp3) is 0.635. The van der Waals surface area contributed by atoms with Crippen molar-refractivity contribution in [1.29, 1.82) is 0 Å². The first-order valence-corrected chi connectivity index (χ1v) is 32.8. The van der Waals surface area contributed by atoms with Crippen LogP contribution in [-0.4, -0.2) is 37.2 Å². The molecule has 0 saturated carbocycles. The second-order valence-corrected chi connectivity index (χ2v) is 21.3. The van der Waals surface area contributed by atoms with Crippen molar-refractivity contribution in [2.75, 3.05) is 13.2 Å². The first kappa shape index (κ1) is 75.3. The Morgan fingerprint density at radius 3 is 0.812 bits per heavy atom. The molecule has 0 amide bonds. The van der Waals surface area contributed by atoms with Crippen LogP contribution in [0.4, 0.5) is 0 Å². The summed E-state index contributed by atoms with van der Waals surface area (Å²) in [6, 6.07) is 0. The van der Waals surface area contributed by atoms with E-state index in [-0.39, 0.29) is 37.5 Å². The van der Waals surface area contributed by atoms with Crippen LogP contribution in [0.25, 0.3) is 0 Å². The van der Waals surface area contributed by atoms with E-state index in [1.54, 1.807) is 0 Å². The van der Waals surface area contributed by atoms with Gasteiger partial charge in [-0.05, 0) is 116 Å². The Morgan fingerprint density at radius 1 is 0.263 bits per heavy atom. The van der Waals surface area contributed by atoms with E-state index < -0.39 is 6.10 Å². The van der Waals surface area contributed by atoms with Gasteiger partial charge in [-0.25, -0.2) is 0 Å². The van der Waals surface area contributed by atoms with E-state index in [2.05, 4.69) is 167 Å². The predicted molar refractivity (Wildman–Crippen MR) is 348 cm³/mol. The summed E-state index contributed by atoms with van der Waals surface area (Å²) in [6.45, 7) is 6.35. The largest absolute Gasteiger partial charge is 0.462 e. The lowest BCUT2D eigenvalue weighted by Crippen LogP contribution is -2.30. The van der Waals surface area contributed by atoms with E-state index in [4.69, 9.17) is 14.2 Å². The fourth-order valence-corrected chi connectivity index (χ4v) is 8.75. The van der Waals surface area contributed by atoms with Gasteiger partial charge in [0.25, 0.3) is 0 Å². The van der Waals surface area contributed by atoms with Crippen LogP contribution in [0, 0.1) is 0 Å². The zero-order valence-electron chi connectivity index (χ0n) is 51.8. The SMILES string of the molecule is CC/C=C\C/C=C\C/C=C\C/C=C\C/C=C\C/C=C\C/C=C\C/C=C\C/C=C\CCCC(=O)OCC(COC(=O)CCCCC/C=C\C/C=C\C/C=C\CC)OC(=O)CCCCCCCCCCCCCCCCCCCCCC. The maximum atomic E-state index is 12.9. The first-order valence-electron chi connectivity index (χ1n) is 32.8. The zero-order chi connectivity index (χ0) is 57.8. The third-order valence-corrected chi connectivity index (χ3v) is 13.6. The Kier molecular flexibility index (Phi) is 62.9. The lowest BCUT2D eigenvalue weighted by atomic mass is 10.0. The van der Waals surface area contributed by atoms with Gasteiger partial charge in [-0.3, -0.25) is 14.4 Å². The van der Waals surface area contributed by atoms with Crippen LogP contribution in [0.15, 0.2) is 146 Å². The minimum absolute atomic E-state index is 0.114. The third-order valence-electron chi connectivity index (χ3n) is 13.6. The summed E-state index contributed by atoms with van der Waals surface area (Å²) in [5.74, 6) is -0.999. The van der Waals surface area contributed by atoms with Crippen LogP contribution in [-0.2, 0) is 28.6 Å². The summed E-state index contributed by atoms with van der Waals surface area (Å²) in [6.07, 6.45) is 95.8. The highest BCUT2D eigenvalue weighted by Gasteiger charge is 2.19. The van der Waals surface area contributed by atoms with Crippen molar-refractivity contribution in [2.24, 2.45) is 0 Å². The Labute approximate surface area is 493 Å². The molecule has 0 bridgehead atoms. The second kappa shape index (κ2) is 66.8. The van der Waals surface area contributed by atoms with Crippen LogP contribution < -0.4 is 0 Å². The molecule has 0 aliphatic rings. The van der Waals surface area contributed by atoms with Gasteiger partial charge < -0.3 is 14.2 Å². The van der Waals surface area contributed by atoms with E-state index in [0.717, 1.165) is 128 Å². The van der Waals surface area contributed by atoms with Gasteiger partial charge >= 0.3 is 17.9 Å². The van der Waals surface area contributed by atoms with Gasteiger partial charge in [-0.2, -0.15) is 0 Å². The van der Waals surface area contributed by atoms with Crippen molar-refractivity contribution < 1.29 is 28.6 Å². The van der Waals surface area contributed by atoms with E-state index in [0.29, 0.717) is 19.3 Å². The number of hydrogen-bond donors (Lipinski definition) is 0. The van der Waals surface area contributed by atoms with Crippen LogP contribution in [0.3, 0.4) is 0 Å². The van der Waals surface area contributed by atoms with Gasteiger partial charge in [0.15, 0.2) is 6.10 Å². The fourth-order valence-electron chi connectivity index (χ4n) is 8.75. The highest BCUT2D eigenvalue weighted by Crippen LogP contribution is 2.16. The molecule has 0 N–H and O–H groups in total. The summed E-state index contributed by atoms with van der Waals surface area (Å²) >= 11 is 0. The molecule has 0 spiro atoms. The van der Waals surface area contributed by atoms with Crippen LogP contribution >= 0.6 is 0 Å². The molecule has 0 heterocycles. The molecular weight excluding hydrogens is 985 g/mol. The molecule has 452 valence electrons. The Morgan fingerprint density at radius 2 is 0.500 bits per heavy atom. The third kappa shape index (κ3) is 64.1. The second-order valence-electron chi connectivity index (χ2n) is 21.3. The predicted octanol–water partition coefficient (Wildman–Crippen LogP) is 22.7. The first-order chi connectivity index (χ1) is 39.5. The van der Waals surface area contributed by atoms with Crippen LogP contribution in [0.5, 0.6) is 0 Å². The average Bonchev–Trinajstić information content (AvgIpc) is 3.46. The lowest BCUT2D eigenvalue weighted by molar-refractivity contribution is -0.167. The van der Waals surface area contributed by atoms with Crippen LogP contribution in [0.2, 0.25) is 0 Å². The van der Waals surface area contributed by atoms with E-state index in [1.165, 1.54) is 109 Å². The normalized spacial score (nSPS) is 13.1. The quantitative estimate of drug-likeness (QED) is 0.0261. The summed E-state index contributed by atoms with van der Waals surface area (Å²) in [5.41, 5.74) is 0. The molecule has 1 unspecified atom stereocenters. The molecule has 0 aliphatic heterocycles. The summed E-state index contributed by atoms with van der Waals surface area (Å²) < 4.78 is 16.8. The molecule has 0 radical (unpaired) electrons. The molecule has 6 nitrogen and oxygen atoms in total. The number of carbonyl (C=O) groups excluding carboxylic acids is 3. The summed E-state index contributed by atoms with van der Waals surface area (Å²) in [4.78, 5) is 38.3. The number of ether oxygens (including phenoxy) is 3. The summed E-state index contributed by atoms with van der Waals surface area (Å²) in [5, 5.41) is 0. The smallest absolute Gasteiger partial charge is 0.306 e. The molecule has 6 heteroatoms. The van der Waals surface area contributed by atoms with E-state index in [1.807, 2.05) is 0 Å². The average molecular weight is 1110 g/mol. The van der Waals surface area contributed by atoms with Gasteiger partial charge in [0, 0.05) is 19.3 Å². The number of allylic oxidation sites excluding steroid dienone is 24. The Hall–Kier alpha value is -4.71. The molecule has 0 saturated heterocycles. The number of esters is 3. The standard InChI is InChI=1S/C74H120O6/c1-4-7-10-13-16-19-22-25-27-29-31-33-34-35-36-37-38-39-40-41-43-44-46-49-52-55-58-61-64-67-73(76)79-70-71(69-78-72(75)66-63-60-57-54-51-48-24-21-18-15-12-9-6-3)80-74(77)68-65-62-59-56-53-50-47-45-42-32-30-28-26-23-20-17-14-11-8-5-2/h7,9-10,12,16,18-19,21,25,27,31,33,35-36,38-39,41,43,46,48-49,51,55,58,71H,4-6,8,11,13-15,17,20,22-24,26,28-30,32,34,37,40,42,44-45,47,50,52-54,56-57,59-70H2,1-3H3/b10-7-,12-9-,19-16-,21-18-,27-25-,33-31-,36-35-,39-38-,43-41-,49-46-,51-48-,58-55-. The molecule has 1 atom stereocenters. The molecule has 0 aromatic carbocycles. The molecule has 0 aromatic rings. The van der Waals surface area contributed by atoms with Crippen molar-refractivity contribution in [3.8, 4) is 0 Å². The van der Waals surface area contributed by atoms with Gasteiger partial charge in [0.2, 0.25) is 0 Å². The number of rotatable bonds is 58. The van der Waals surface area contributed by atoms with Crippen LogP contribution in [0.1, 0.15) is 284 Å². The van der Waals surface area contributed by atoms with E-state index in [9.17, 15) is 14.4 Å². The highest BCUT2D eigenvalue weighted by molar-refractivity contribution is 5.71. The maximum Gasteiger partial charge on any atom is 0.306 e. The lowest BCUT2D eigenvalue weighted by Gasteiger charge is -2.18. The Balaban J connectivity index is 4.44. The van der Waals surface area contributed by atoms with Gasteiger partial charge in [-0.15, -0.1) is 0 Å². The molecule has 0 rings (SSSR count). The molecule has 0 aromatic heterocycles. The topological polar surface area (TPSA) is 78.9 Å². The summed E-state index contributed by atoms with van der Waals surface area (Å²) in [7, 11) is 0. The Bertz CT molecular complexity index is 1750. The van der Waals surface area contributed by atoms with Crippen molar-refractivity contribution in [1.82, 2.24) is 0 Å². The monoisotopic (exact) mass is 1100 g/mol. The number of unbranched alkanes of at least 4 members (excludes halogenated alkanes) is 23. The van der Waals surface area contributed by atoms with Gasteiger partial charge in [-0.1, -0.05) is 295 Å². The minimum atomic E-state index is -0.819. The highest BCUT2D eigenvalue weighted by atomic mass is 16.6. The van der Waals surface area contributed by atoms with Crippen molar-refractivity contribution >= 4 is 17.9 Å².